The Morgan fingerprint density at radius 1 is 1.26 bits per heavy atom. The highest BCUT2D eigenvalue weighted by Gasteiger charge is 2.54. The van der Waals surface area contributed by atoms with E-state index in [1.807, 2.05) is 17.5 Å². The maximum absolute atomic E-state index is 12.5. The highest BCUT2D eigenvalue weighted by atomic mass is 32.2. The number of thiophene rings is 1. The molecule has 0 spiro atoms. The molecule has 2 amide bonds. The number of aromatic nitrogens is 1. The van der Waals surface area contributed by atoms with Crippen molar-refractivity contribution >= 4 is 57.8 Å². The summed E-state index contributed by atoms with van der Waals surface area (Å²) in [4.78, 5) is 54.9. The molecule has 4 rings (SSSR count). The smallest absolute Gasteiger partial charge is 0.352 e. The van der Waals surface area contributed by atoms with Gasteiger partial charge in [-0.15, -0.1) is 23.1 Å². The Morgan fingerprint density at radius 3 is 2.77 bits per heavy atom. The minimum atomic E-state index is -1.21. The number of β-lactam (4-membered cyclic amide) rings is 1. The fraction of sp³-hybridized carbons (Fsp3) is 0.250. The van der Waals surface area contributed by atoms with Crippen molar-refractivity contribution in [3.63, 3.8) is 0 Å². The molecule has 160 valence electrons. The number of pyridine rings is 1. The van der Waals surface area contributed by atoms with E-state index in [0.29, 0.717) is 11.3 Å². The minimum absolute atomic E-state index is 0.114. The van der Waals surface area contributed by atoms with Crippen LogP contribution in [0, 0.1) is 0 Å². The topological polar surface area (TPSA) is 117 Å². The molecule has 2 aromatic heterocycles. The van der Waals surface area contributed by atoms with E-state index in [1.54, 1.807) is 18.3 Å². The Hall–Kier alpha value is -2.63. The Labute approximate surface area is 190 Å². The average molecular weight is 476 g/mol. The van der Waals surface area contributed by atoms with E-state index in [9.17, 15) is 24.3 Å². The highest BCUT2D eigenvalue weighted by Crippen LogP contribution is 2.42. The maximum Gasteiger partial charge on any atom is 0.352 e. The van der Waals surface area contributed by atoms with Crippen LogP contribution in [0.2, 0.25) is 0 Å². The summed E-state index contributed by atoms with van der Waals surface area (Å²) < 4.78 is 0. The average Bonchev–Trinajstić information content (AvgIpc) is 3.28. The lowest BCUT2D eigenvalue weighted by atomic mass is 10.0. The van der Waals surface area contributed by atoms with Crippen LogP contribution in [0.1, 0.15) is 15.2 Å². The van der Waals surface area contributed by atoms with Crippen molar-refractivity contribution in [3.05, 3.63) is 64.3 Å². The second-order valence-electron chi connectivity index (χ2n) is 6.77. The van der Waals surface area contributed by atoms with Crippen LogP contribution < -0.4 is 5.32 Å². The number of nitrogens with one attached hydrogen (secondary N) is 1. The molecule has 0 aliphatic carbocycles. The second-order valence-corrected chi connectivity index (χ2v) is 10.2. The molecule has 0 bridgehead atoms. The van der Waals surface area contributed by atoms with Crippen LogP contribution in [0.15, 0.2) is 53.8 Å². The number of amides is 2. The minimum Gasteiger partial charge on any atom is -0.477 e. The van der Waals surface area contributed by atoms with Gasteiger partial charge in [-0.3, -0.25) is 24.3 Å². The number of carboxylic acid groups (broad SMARTS) is 1. The molecule has 3 atom stereocenters. The van der Waals surface area contributed by atoms with Crippen LogP contribution in [0.3, 0.4) is 0 Å². The van der Waals surface area contributed by atoms with Gasteiger partial charge in [0.15, 0.2) is 0 Å². The normalized spacial score (nSPS) is 22.2. The van der Waals surface area contributed by atoms with Crippen molar-refractivity contribution in [3.8, 4) is 0 Å². The largest absolute Gasteiger partial charge is 0.477 e. The Bertz CT molecular complexity index is 1040. The molecule has 0 radical (unpaired) electrons. The molecule has 0 aromatic carbocycles. The summed E-state index contributed by atoms with van der Waals surface area (Å²) in [6, 6.07) is 6.24. The summed E-state index contributed by atoms with van der Waals surface area (Å²) in [6.45, 7) is 0. The molecule has 1 fully saturated rings. The predicted octanol–water partition coefficient (Wildman–Crippen LogP) is 2.00. The molecule has 2 aromatic rings. The maximum atomic E-state index is 12.5. The zero-order valence-corrected chi connectivity index (χ0v) is 18.4. The number of carboxylic acids is 1. The zero-order valence-electron chi connectivity index (χ0n) is 16.0. The van der Waals surface area contributed by atoms with E-state index in [-0.39, 0.29) is 28.4 Å². The summed E-state index contributed by atoms with van der Waals surface area (Å²) >= 11 is 3.89. The van der Waals surface area contributed by atoms with Crippen LogP contribution in [-0.4, -0.2) is 60.3 Å². The quantitative estimate of drug-likeness (QED) is 0.584. The predicted molar refractivity (Wildman–Crippen MR) is 119 cm³/mol. The van der Waals surface area contributed by atoms with E-state index in [4.69, 9.17) is 0 Å². The molecule has 2 aliphatic rings. The molecular formula is C20H17N3O5S3. The number of fused-ring (bicyclic) bond motifs is 1. The van der Waals surface area contributed by atoms with Gasteiger partial charge in [0.05, 0.1) is 6.42 Å². The van der Waals surface area contributed by atoms with Gasteiger partial charge in [0.25, 0.3) is 5.91 Å². The first-order chi connectivity index (χ1) is 14.9. The lowest BCUT2D eigenvalue weighted by Gasteiger charge is -2.49. The van der Waals surface area contributed by atoms with Gasteiger partial charge in [0.2, 0.25) is 11.0 Å². The third kappa shape index (κ3) is 4.68. The fourth-order valence-electron chi connectivity index (χ4n) is 3.25. The monoisotopic (exact) mass is 475 g/mol. The molecule has 11 heteroatoms. The Morgan fingerprint density at radius 2 is 2.10 bits per heavy atom. The molecular weight excluding hydrogens is 458 g/mol. The Kier molecular flexibility index (Phi) is 6.44. The number of hydrogen-bond donors (Lipinski definition) is 2. The van der Waals surface area contributed by atoms with Crippen LogP contribution in [0.4, 0.5) is 0 Å². The van der Waals surface area contributed by atoms with E-state index in [2.05, 4.69) is 10.3 Å². The van der Waals surface area contributed by atoms with E-state index in [1.165, 1.54) is 40.3 Å². The number of aliphatic carboxylic acids is 1. The molecule has 2 N–H and O–H groups in total. The second kappa shape index (κ2) is 9.25. The SMILES string of the molecule is O=C(Cc1cccs1)NC1C(=O)N2C(C(=O)O)=CC(CSC(=O)c3cccnc3)S[C@H]12. The Balaban J connectivity index is 1.42. The summed E-state index contributed by atoms with van der Waals surface area (Å²) in [5, 5.41) is 13.2. The molecule has 8 nitrogen and oxygen atoms in total. The molecule has 2 aliphatic heterocycles. The first kappa shape index (κ1) is 21.6. The summed E-state index contributed by atoms with van der Waals surface area (Å²) in [5.41, 5.74) is 0.354. The highest BCUT2D eigenvalue weighted by molar-refractivity contribution is 8.15. The molecule has 1 saturated heterocycles. The number of thioether (sulfide) groups is 2. The van der Waals surface area contributed by atoms with Gasteiger partial charge in [-0.2, -0.15) is 0 Å². The third-order valence-electron chi connectivity index (χ3n) is 4.69. The van der Waals surface area contributed by atoms with Gasteiger partial charge in [0.1, 0.15) is 17.1 Å². The van der Waals surface area contributed by atoms with Crippen molar-refractivity contribution in [2.75, 3.05) is 5.75 Å². The van der Waals surface area contributed by atoms with E-state index < -0.39 is 23.3 Å². The number of nitrogens with zero attached hydrogens (tertiary/aromatic N) is 2. The van der Waals surface area contributed by atoms with Gasteiger partial charge in [-0.25, -0.2) is 4.79 Å². The van der Waals surface area contributed by atoms with Crippen molar-refractivity contribution < 1.29 is 24.3 Å². The molecule has 4 heterocycles. The first-order valence-corrected chi connectivity index (χ1v) is 12.1. The number of carbonyl (C=O) groups is 4. The van der Waals surface area contributed by atoms with Crippen molar-refractivity contribution in [2.45, 2.75) is 23.1 Å². The van der Waals surface area contributed by atoms with Gasteiger partial charge >= 0.3 is 5.97 Å². The van der Waals surface area contributed by atoms with Crippen molar-refractivity contribution in [1.29, 1.82) is 0 Å². The van der Waals surface area contributed by atoms with Crippen LogP contribution in [0.25, 0.3) is 0 Å². The van der Waals surface area contributed by atoms with E-state index in [0.717, 1.165) is 16.6 Å². The first-order valence-electron chi connectivity index (χ1n) is 9.26. The molecule has 0 saturated carbocycles. The molecule has 31 heavy (non-hydrogen) atoms. The van der Waals surface area contributed by atoms with Crippen molar-refractivity contribution in [2.24, 2.45) is 0 Å². The summed E-state index contributed by atoms with van der Waals surface area (Å²) in [5.74, 6) is -1.60. The molecule has 2 unspecified atom stereocenters. The summed E-state index contributed by atoms with van der Waals surface area (Å²) in [6.07, 6.45) is 4.72. The van der Waals surface area contributed by atoms with Crippen LogP contribution >= 0.6 is 34.9 Å². The summed E-state index contributed by atoms with van der Waals surface area (Å²) in [7, 11) is 0. The lowest BCUT2D eigenvalue weighted by Crippen LogP contribution is -2.70. The zero-order chi connectivity index (χ0) is 22.0. The van der Waals surface area contributed by atoms with E-state index >= 15 is 0 Å². The van der Waals surface area contributed by atoms with Crippen molar-refractivity contribution in [1.82, 2.24) is 15.2 Å². The van der Waals surface area contributed by atoms with Crippen LogP contribution in [0.5, 0.6) is 0 Å². The third-order valence-corrected chi connectivity index (χ3v) is 8.21. The number of carbonyl (C=O) groups excluding carboxylic acids is 3. The number of rotatable bonds is 7. The standard InChI is InChI=1S/C20H17N3O5S3/c24-15(8-12-4-2-6-29-12)22-16-17(25)23-14(19(26)27)7-13(31-18(16)23)10-30-20(28)11-3-1-5-21-9-11/h1-7,9,13,16,18H,8,10H2,(H,22,24)(H,26,27)/t13?,16?,18-/m1/s1. The van der Waals surface area contributed by atoms with Gasteiger partial charge in [-0.1, -0.05) is 17.8 Å². The van der Waals surface area contributed by atoms with Gasteiger partial charge in [0, 0.05) is 33.8 Å². The lowest BCUT2D eigenvalue weighted by molar-refractivity contribution is -0.150. The van der Waals surface area contributed by atoms with Gasteiger partial charge in [-0.05, 0) is 29.7 Å². The fourth-order valence-corrected chi connectivity index (χ4v) is 6.42. The van der Waals surface area contributed by atoms with Gasteiger partial charge < -0.3 is 10.4 Å². The number of hydrogen-bond acceptors (Lipinski definition) is 8. The van der Waals surface area contributed by atoms with Crippen LogP contribution in [-0.2, 0) is 20.8 Å².